The molecule has 2 aliphatic carbocycles. The van der Waals surface area contributed by atoms with Gasteiger partial charge in [0.15, 0.2) is 5.82 Å². The summed E-state index contributed by atoms with van der Waals surface area (Å²) in [5.41, 5.74) is 18.8. The maximum Gasteiger partial charge on any atom is 0.160 e. The third kappa shape index (κ3) is 5.30. The Hall–Kier alpha value is -7.94. The lowest BCUT2D eigenvalue weighted by molar-refractivity contribution is 0.627. The first-order valence-electron chi connectivity index (χ1n) is 21.4. The van der Waals surface area contributed by atoms with E-state index in [1.807, 2.05) is 0 Å². The summed E-state index contributed by atoms with van der Waals surface area (Å²) in [6, 6.07) is 88.3. The molecule has 9 aromatic carbocycles. The van der Waals surface area contributed by atoms with E-state index >= 15 is 0 Å². The Morgan fingerprint density at radius 3 is 1.34 bits per heavy atom. The molecular formula is C60H40N2. The van der Waals surface area contributed by atoms with Crippen molar-refractivity contribution < 1.29 is 0 Å². The van der Waals surface area contributed by atoms with E-state index in [1.165, 1.54) is 66.8 Å². The van der Waals surface area contributed by atoms with Gasteiger partial charge in [-0.2, -0.15) is 0 Å². The van der Waals surface area contributed by atoms with Crippen LogP contribution in [0.5, 0.6) is 0 Å². The number of rotatable bonds is 7. The number of aromatic nitrogens is 2. The van der Waals surface area contributed by atoms with Crippen LogP contribution in [0.2, 0.25) is 0 Å². The Labute approximate surface area is 362 Å². The van der Waals surface area contributed by atoms with Crippen LogP contribution in [-0.4, -0.2) is 9.97 Å². The zero-order valence-electron chi connectivity index (χ0n) is 34.0. The maximum atomic E-state index is 5.37. The van der Waals surface area contributed by atoms with Gasteiger partial charge in [0.05, 0.1) is 22.2 Å². The lowest BCUT2D eigenvalue weighted by atomic mass is 9.51. The minimum atomic E-state index is -0.674. The lowest BCUT2D eigenvalue weighted by Crippen LogP contribution is -2.44. The van der Waals surface area contributed by atoms with Crippen molar-refractivity contribution in [1.29, 1.82) is 0 Å². The highest BCUT2D eigenvalue weighted by molar-refractivity contribution is 5.92. The van der Waals surface area contributed by atoms with E-state index < -0.39 is 10.8 Å². The number of hydrogen-bond donors (Lipinski definition) is 0. The zero-order chi connectivity index (χ0) is 41.1. The Morgan fingerprint density at radius 2 is 0.677 bits per heavy atom. The van der Waals surface area contributed by atoms with Gasteiger partial charge in [0.2, 0.25) is 0 Å². The largest absolute Gasteiger partial charge is 0.228 e. The van der Waals surface area contributed by atoms with Gasteiger partial charge in [0, 0.05) is 16.7 Å². The van der Waals surface area contributed by atoms with Gasteiger partial charge >= 0.3 is 0 Å². The van der Waals surface area contributed by atoms with Gasteiger partial charge in [-0.1, -0.05) is 231 Å². The van der Waals surface area contributed by atoms with E-state index in [0.29, 0.717) is 5.82 Å². The molecule has 0 N–H and O–H groups in total. The van der Waals surface area contributed by atoms with Crippen LogP contribution in [0.1, 0.15) is 44.5 Å². The van der Waals surface area contributed by atoms with Crippen molar-refractivity contribution >= 4 is 0 Å². The molecule has 10 aromatic rings. The van der Waals surface area contributed by atoms with E-state index in [1.54, 1.807) is 0 Å². The third-order valence-electron chi connectivity index (χ3n) is 13.3. The summed E-state index contributed by atoms with van der Waals surface area (Å²) in [6.45, 7) is 0. The van der Waals surface area contributed by atoms with E-state index in [0.717, 1.165) is 28.1 Å². The van der Waals surface area contributed by atoms with Crippen LogP contribution in [0, 0.1) is 0 Å². The molecule has 2 heteroatoms. The van der Waals surface area contributed by atoms with Crippen molar-refractivity contribution in [1.82, 2.24) is 9.97 Å². The molecule has 0 saturated heterocycles. The van der Waals surface area contributed by atoms with Crippen molar-refractivity contribution in [2.45, 2.75) is 10.8 Å². The van der Waals surface area contributed by atoms with Gasteiger partial charge < -0.3 is 0 Å². The van der Waals surface area contributed by atoms with Crippen molar-refractivity contribution in [2.24, 2.45) is 0 Å². The molecule has 1 aromatic heterocycles. The molecule has 0 saturated carbocycles. The molecule has 12 rings (SSSR count). The molecule has 0 spiro atoms. The van der Waals surface area contributed by atoms with E-state index in [-0.39, 0.29) is 0 Å². The Morgan fingerprint density at radius 1 is 0.258 bits per heavy atom. The SMILES string of the molecule is c1ccc(-c2ccc(-c3cc(-c4ccccc4)nc(-c4cccc(C5(c6ccccc6)c6ccccc6C6(c7ccccc7)c7ccccc7-c7cccc5c76)c4)n3)cc2)cc1. The van der Waals surface area contributed by atoms with Crippen molar-refractivity contribution in [3.8, 4) is 56.2 Å². The number of fused-ring (bicyclic) bond motifs is 5. The predicted octanol–water partition coefficient (Wildman–Crippen LogP) is 14.2. The second-order valence-electron chi connectivity index (χ2n) is 16.4. The zero-order valence-corrected chi connectivity index (χ0v) is 34.0. The van der Waals surface area contributed by atoms with Crippen LogP contribution < -0.4 is 0 Å². The van der Waals surface area contributed by atoms with Gasteiger partial charge in [-0.25, -0.2) is 9.97 Å². The summed E-state index contributed by atoms with van der Waals surface area (Å²) < 4.78 is 0. The molecule has 2 atom stereocenters. The van der Waals surface area contributed by atoms with Crippen molar-refractivity contribution in [2.75, 3.05) is 0 Å². The molecule has 2 aliphatic rings. The fraction of sp³-hybridized carbons (Fsp3) is 0.0333. The van der Waals surface area contributed by atoms with Crippen molar-refractivity contribution in [3.63, 3.8) is 0 Å². The minimum Gasteiger partial charge on any atom is -0.228 e. The monoisotopic (exact) mass is 788 g/mol. The van der Waals surface area contributed by atoms with Crippen molar-refractivity contribution in [3.05, 3.63) is 287 Å². The quantitative estimate of drug-likeness (QED) is 0.161. The Bertz CT molecular complexity index is 3270. The van der Waals surface area contributed by atoms with Crippen LogP contribution in [-0.2, 0) is 10.8 Å². The molecule has 290 valence electrons. The highest BCUT2D eigenvalue weighted by atomic mass is 14.9. The summed E-state index contributed by atoms with van der Waals surface area (Å²) in [6.07, 6.45) is 0. The van der Waals surface area contributed by atoms with Crippen LogP contribution >= 0.6 is 0 Å². The maximum absolute atomic E-state index is 5.37. The molecular weight excluding hydrogens is 749 g/mol. The minimum absolute atomic E-state index is 0.506. The van der Waals surface area contributed by atoms with Crippen LogP contribution in [0.15, 0.2) is 243 Å². The smallest absolute Gasteiger partial charge is 0.160 e. The first-order chi connectivity index (χ1) is 30.7. The second-order valence-corrected chi connectivity index (χ2v) is 16.4. The molecule has 0 bridgehead atoms. The summed E-state index contributed by atoms with van der Waals surface area (Å²) in [5, 5.41) is 0. The third-order valence-corrected chi connectivity index (χ3v) is 13.3. The van der Waals surface area contributed by atoms with Gasteiger partial charge in [-0.15, -0.1) is 0 Å². The molecule has 0 fully saturated rings. The topological polar surface area (TPSA) is 25.8 Å². The van der Waals surface area contributed by atoms with E-state index in [2.05, 4.69) is 243 Å². The predicted molar refractivity (Wildman–Crippen MR) is 253 cm³/mol. The highest BCUT2D eigenvalue weighted by Gasteiger charge is 2.57. The van der Waals surface area contributed by atoms with E-state index in [9.17, 15) is 0 Å². The fourth-order valence-corrected chi connectivity index (χ4v) is 10.7. The van der Waals surface area contributed by atoms with Crippen LogP contribution in [0.3, 0.4) is 0 Å². The van der Waals surface area contributed by atoms with E-state index in [4.69, 9.17) is 9.97 Å². The van der Waals surface area contributed by atoms with Gasteiger partial charge in [-0.05, 0) is 78.9 Å². The number of nitrogens with zero attached hydrogens (tertiary/aromatic N) is 2. The molecule has 1 heterocycles. The molecule has 0 radical (unpaired) electrons. The molecule has 0 amide bonds. The first-order valence-corrected chi connectivity index (χ1v) is 21.4. The molecule has 2 unspecified atom stereocenters. The average molecular weight is 789 g/mol. The summed E-state index contributed by atoms with van der Waals surface area (Å²) in [5.74, 6) is 0.687. The number of benzene rings is 9. The highest BCUT2D eigenvalue weighted by Crippen LogP contribution is 2.65. The Kier molecular flexibility index (Phi) is 8.33. The standard InChI is InChI=1S/C60H40N2/c1-5-19-41(20-6-1)42-35-37-44(38-36-42)56-40-55(43-21-7-2-8-22-43)61-58(62-56)45-23-17-28-48(39-45)59(46-24-9-3-10-25-46)52-32-15-16-33-53(52)60(47-26-11-4-12-27-47)51-31-14-13-29-49(51)50-30-18-34-54(59)57(50)60/h1-40H. The van der Waals surface area contributed by atoms with Crippen LogP contribution in [0.25, 0.3) is 56.2 Å². The number of hydrogen-bond acceptors (Lipinski definition) is 2. The van der Waals surface area contributed by atoms with Gasteiger partial charge in [0.25, 0.3) is 0 Å². The Balaban J connectivity index is 1.11. The fourth-order valence-electron chi connectivity index (χ4n) is 10.7. The second kappa shape index (κ2) is 14.4. The molecule has 62 heavy (non-hydrogen) atoms. The first kappa shape index (κ1) is 36.0. The summed E-state index contributed by atoms with van der Waals surface area (Å²) in [4.78, 5) is 10.7. The van der Waals surface area contributed by atoms with Gasteiger partial charge in [-0.3, -0.25) is 0 Å². The molecule has 2 nitrogen and oxygen atoms in total. The van der Waals surface area contributed by atoms with Gasteiger partial charge in [0.1, 0.15) is 0 Å². The summed E-state index contributed by atoms with van der Waals surface area (Å²) in [7, 11) is 0. The summed E-state index contributed by atoms with van der Waals surface area (Å²) >= 11 is 0. The lowest BCUT2D eigenvalue weighted by Gasteiger charge is -2.49. The van der Waals surface area contributed by atoms with Crippen LogP contribution in [0.4, 0.5) is 0 Å². The average Bonchev–Trinajstić information content (AvgIpc) is 3.67. The normalized spacial score (nSPS) is 16.8. The molecule has 0 aliphatic heterocycles.